The molecular formula is C22H21N3O3S2. The van der Waals surface area contributed by atoms with Crippen molar-refractivity contribution in [2.45, 2.75) is 23.4 Å². The zero-order valence-electron chi connectivity index (χ0n) is 16.7. The van der Waals surface area contributed by atoms with Gasteiger partial charge in [-0.05, 0) is 31.0 Å². The van der Waals surface area contributed by atoms with Crippen LogP contribution in [0.4, 0.5) is 0 Å². The van der Waals surface area contributed by atoms with E-state index in [0.29, 0.717) is 30.1 Å². The predicted octanol–water partition coefficient (Wildman–Crippen LogP) is 4.87. The Bertz CT molecular complexity index is 1170. The topological polar surface area (TPSA) is 77.2 Å². The van der Waals surface area contributed by atoms with Crippen molar-refractivity contribution in [1.29, 1.82) is 0 Å². The Hall–Kier alpha value is -2.84. The zero-order chi connectivity index (χ0) is 20.9. The summed E-state index contributed by atoms with van der Waals surface area (Å²) in [6.07, 6.45) is 0.671. The molecule has 0 saturated carbocycles. The smallest absolute Gasteiger partial charge is 0.287 e. The third-order valence-corrected chi connectivity index (χ3v) is 6.62. The highest BCUT2D eigenvalue weighted by molar-refractivity contribution is 8.00. The van der Waals surface area contributed by atoms with Gasteiger partial charge in [-0.3, -0.25) is 4.79 Å². The number of methoxy groups -OCH3 is 1. The second kappa shape index (κ2) is 9.32. The van der Waals surface area contributed by atoms with Gasteiger partial charge in [-0.2, -0.15) is 0 Å². The molecule has 2 aromatic carbocycles. The highest BCUT2D eigenvalue weighted by Gasteiger charge is 2.21. The van der Waals surface area contributed by atoms with Crippen molar-refractivity contribution in [3.63, 3.8) is 0 Å². The van der Waals surface area contributed by atoms with Crippen LogP contribution in [0.5, 0.6) is 5.75 Å². The summed E-state index contributed by atoms with van der Waals surface area (Å²) in [5.74, 6) is 1.54. The molecule has 4 rings (SSSR count). The Kier molecular flexibility index (Phi) is 6.35. The minimum atomic E-state index is -0.217. The van der Waals surface area contributed by atoms with E-state index in [1.165, 1.54) is 0 Å². The summed E-state index contributed by atoms with van der Waals surface area (Å²) in [7, 11) is 1.65. The maximum Gasteiger partial charge on any atom is 0.287 e. The van der Waals surface area contributed by atoms with Gasteiger partial charge in [-0.1, -0.05) is 59.5 Å². The number of amides is 1. The first-order valence-electron chi connectivity index (χ1n) is 9.49. The van der Waals surface area contributed by atoms with Gasteiger partial charge in [0.25, 0.3) is 5.91 Å². The first kappa shape index (κ1) is 20.4. The number of hydrogen-bond donors (Lipinski definition) is 1. The molecule has 1 N–H and O–H groups in total. The lowest BCUT2D eigenvalue weighted by molar-refractivity contribution is 0.0927. The van der Waals surface area contributed by atoms with Crippen LogP contribution in [-0.2, 0) is 12.2 Å². The Morgan fingerprint density at radius 1 is 1.17 bits per heavy atom. The number of benzene rings is 2. The molecule has 154 valence electrons. The lowest BCUT2D eigenvalue weighted by Gasteiger charge is -2.09. The van der Waals surface area contributed by atoms with Crippen LogP contribution in [0.3, 0.4) is 0 Å². The van der Waals surface area contributed by atoms with E-state index < -0.39 is 0 Å². The number of thioether (sulfide) groups is 1. The number of rotatable bonds is 8. The average Bonchev–Trinajstić information content (AvgIpc) is 3.35. The quantitative estimate of drug-likeness (QED) is 0.395. The largest absolute Gasteiger partial charge is 0.496 e. The monoisotopic (exact) mass is 439 g/mol. The summed E-state index contributed by atoms with van der Waals surface area (Å²) in [6, 6.07) is 15.5. The van der Waals surface area contributed by atoms with E-state index in [1.807, 2.05) is 55.5 Å². The molecule has 0 saturated heterocycles. The van der Waals surface area contributed by atoms with Crippen LogP contribution in [0.1, 0.15) is 26.7 Å². The molecule has 1 amide bonds. The van der Waals surface area contributed by atoms with Crippen LogP contribution >= 0.6 is 23.1 Å². The SMILES string of the molecule is COc1ccccc1CCNC(=O)c1oc2ccccc2c1CSc1nnc(C)s1. The normalized spacial score (nSPS) is 11.0. The average molecular weight is 440 g/mol. The van der Waals surface area contributed by atoms with Gasteiger partial charge in [0.05, 0.1) is 7.11 Å². The summed E-state index contributed by atoms with van der Waals surface area (Å²) in [5, 5.41) is 13.1. The van der Waals surface area contributed by atoms with Crippen LogP contribution < -0.4 is 10.1 Å². The van der Waals surface area contributed by atoms with Crippen LogP contribution in [0.25, 0.3) is 11.0 Å². The van der Waals surface area contributed by atoms with Gasteiger partial charge >= 0.3 is 0 Å². The minimum Gasteiger partial charge on any atom is -0.496 e. The molecule has 0 unspecified atom stereocenters. The molecule has 6 nitrogen and oxygen atoms in total. The van der Waals surface area contributed by atoms with E-state index in [4.69, 9.17) is 9.15 Å². The van der Waals surface area contributed by atoms with Gasteiger partial charge < -0.3 is 14.5 Å². The fraction of sp³-hybridized carbons (Fsp3) is 0.227. The standard InChI is InChI=1S/C22H21N3O3S2/c1-14-24-25-22(30-14)29-13-17-16-8-4-6-10-19(16)28-20(17)21(26)23-12-11-15-7-3-5-9-18(15)27-2/h3-10H,11-13H2,1-2H3,(H,23,26). The number of furan rings is 1. The Morgan fingerprint density at radius 3 is 2.77 bits per heavy atom. The van der Waals surface area contributed by atoms with E-state index in [0.717, 1.165) is 31.6 Å². The molecule has 8 heteroatoms. The number of carbonyl (C=O) groups is 1. The van der Waals surface area contributed by atoms with Crippen molar-refractivity contribution in [2.24, 2.45) is 0 Å². The molecule has 0 spiro atoms. The van der Waals surface area contributed by atoms with E-state index in [1.54, 1.807) is 30.2 Å². The van der Waals surface area contributed by atoms with Crippen LogP contribution in [0.15, 0.2) is 57.3 Å². The molecule has 0 aliphatic carbocycles. The number of nitrogens with zero attached hydrogens (tertiary/aromatic N) is 2. The third kappa shape index (κ3) is 4.49. The Balaban J connectivity index is 1.50. The predicted molar refractivity (Wildman–Crippen MR) is 119 cm³/mol. The van der Waals surface area contributed by atoms with Crippen molar-refractivity contribution in [1.82, 2.24) is 15.5 Å². The molecular weight excluding hydrogens is 418 g/mol. The lowest BCUT2D eigenvalue weighted by atomic mass is 10.1. The second-order valence-electron chi connectivity index (χ2n) is 6.60. The molecule has 0 radical (unpaired) electrons. The molecule has 0 fully saturated rings. The number of ether oxygens (including phenoxy) is 1. The van der Waals surface area contributed by atoms with E-state index in [-0.39, 0.29) is 5.91 Å². The van der Waals surface area contributed by atoms with E-state index in [9.17, 15) is 4.79 Å². The fourth-order valence-corrected chi connectivity index (χ4v) is 5.04. The van der Waals surface area contributed by atoms with Gasteiger partial charge in [0.15, 0.2) is 10.1 Å². The van der Waals surface area contributed by atoms with Crippen LogP contribution in [-0.4, -0.2) is 29.8 Å². The summed E-state index contributed by atoms with van der Waals surface area (Å²) in [5.41, 5.74) is 2.63. The summed E-state index contributed by atoms with van der Waals surface area (Å²) >= 11 is 3.10. The summed E-state index contributed by atoms with van der Waals surface area (Å²) < 4.78 is 12.2. The summed E-state index contributed by atoms with van der Waals surface area (Å²) in [4.78, 5) is 12.9. The van der Waals surface area contributed by atoms with Crippen LogP contribution in [0.2, 0.25) is 0 Å². The van der Waals surface area contributed by atoms with Gasteiger partial charge in [-0.15, -0.1) is 10.2 Å². The van der Waals surface area contributed by atoms with Gasteiger partial charge in [-0.25, -0.2) is 0 Å². The molecule has 0 bridgehead atoms. The maximum atomic E-state index is 12.9. The van der Waals surface area contributed by atoms with Crippen molar-refractivity contribution in [3.8, 4) is 5.75 Å². The Morgan fingerprint density at radius 2 is 1.97 bits per heavy atom. The second-order valence-corrected chi connectivity index (χ2v) is 9.00. The molecule has 2 aromatic heterocycles. The first-order valence-corrected chi connectivity index (χ1v) is 11.3. The molecule has 0 aliphatic heterocycles. The van der Waals surface area contributed by atoms with Crippen molar-refractivity contribution < 1.29 is 13.9 Å². The number of nitrogens with one attached hydrogen (secondary N) is 1. The van der Waals surface area contributed by atoms with E-state index >= 15 is 0 Å². The molecule has 0 atom stereocenters. The molecule has 2 heterocycles. The molecule has 4 aromatic rings. The molecule has 30 heavy (non-hydrogen) atoms. The molecule has 0 aliphatic rings. The van der Waals surface area contributed by atoms with Gasteiger partial charge in [0.2, 0.25) is 0 Å². The van der Waals surface area contributed by atoms with Gasteiger partial charge in [0.1, 0.15) is 16.3 Å². The third-order valence-electron chi connectivity index (χ3n) is 4.62. The number of hydrogen-bond acceptors (Lipinski definition) is 7. The minimum absolute atomic E-state index is 0.217. The Labute approximate surface area is 182 Å². The first-order chi connectivity index (χ1) is 14.7. The number of para-hydroxylation sites is 2. The highest BCUT2D eigenvalue weighted by atomic mass is 32.2. The number of fused-ring (bicyclic) bond motifs is 1. The highest BCUT2D eigenvalue weighted by Crippen LogP contribution is 2.33. The van der Waals surface area contributed by atoms with Crippen molar-refractivity contribution in [3.05, 3.63) is 70.4 Å². The number of aromatic nitrogens is 2. The van der Waals surface area contributed by atoms with Gasteiger partial charge in [0, 0.05) is 23.2 Å². The summed E-state index contributed by atoms with van der Waals surface area (Å²) in [6.45, 7) is 2.41. The van der Waals surface area contributed by atoms with E-state index in [2.05, 4.69) is 15.5 Å². The number of carbonyl (C=O) groups excluding carboxylic acids is 1. The maximum absolute atomic E-state index is 12.9. The number of aryl methyl sites for hydroxylation is 1. The zero-order valence-corrected chi connectivity index (χ0v) is 18.3. The van der Waals surface area contributed by atoms with Crippen molar-refractivity contribution >= 4 is 40.0 Å². The van der Waals surface area contributed by atoms with Crippen molar-refractivity contribution in [2.75, 3.05) is 13.7 Å². The van der Waals surface area contributed by atoms with Crippen LogP contribution in [0, 0.1) is 6.92 Å². The fourth-order valence-electron chi connectivity index (χ4n) is 3.20. The lowest BCUT2D eigenvalue weighted by Crippen LogP contribution is -2.26.